The fourth-order valence-corrected chi connectivity index (χ4v) is 5.20. The zero-order chi connectivity index (χ0) is 23.8. The molecule has 1 heteroatoms. The van der Waals surface area contributed by atoms with Gasteiger partial charge in [0.2, 0.25) is 0 Å². The van der Waals surface area contributed by atoms with Crippen LogP contribution >= 0.6 is 0 Å². The van der Waals surface area contributed by atoms with Crippen molar-refractivity contribution in [1.82, 2.24) is 0 Å². The van der Waals surface area contributed by atoms with Crippen molar-refractivity contribution >= 4 is 10.8 Å². The van der Waals surface area contributed by atoms with Gasteiger partial charge >= 0.3 is 0 Å². The molecule has 1 aliphatic rings. The highest BCUT2D eigenvalue weighted by Crippen LogP contribution is 2.36. The molecule has 1 saturated carbocycles. The van der Waals surface area contributed by atoms with E-state index in [9.17, 15) is 0 Å². The first-order chi connectivity index (χ1) is 16.7. The maximum Gasteiger partial charge on any atom is 0.134 e. The molecule has 0 aromatic heterocycles. The summed E-state index contributed by atoms with van der Waals surface area (Å²) < 4.78 is 15.0. The molecule has 0 N–H and O–H groups in total. The Kier molecular flexibility index (Phi) is 8.59. The van der Waals surface area contributed by atoms with Crippen molar-refractivity contribution in [2.45, 2.75) is 77.0 Å². The third kappa shape index (κ3) is 6.18. The van der Waals surface area contributed by atoms with E-state index in [1.165, 1.54) is 56.9 Å². The average molecular weight is 453 g/mol. The SMILES string of the molecule is C=CC1CCC(c2ccc(C#Cc3ccc4c(F)c(CCCCCCC)ccc4c3)cc2)CC1. The van der Waals surface area contributed by atoms with Crippen LogP contribution in [0.15, 0.2) is 67.3 Å². The minimum Gasteiger partial charge on any atom is -0.206 e. The number of halogens is 1. The van der Waals surface area contributed by atoms with Crippen LogP contribution in [0.2, 0.25) is 0 Å². The molecule has 0 nitrogen and oxygen atoms in total. The lowest BCUT2D eigenvalue weighted by molar-refractivity contribution is 0.376. The van der Waals surface area contributed by atoms with Gasteiger partial charge in [-0.05, 0) is 91.1 Å². The number of rotatable bonds is 8. The number of allylic oxidation sites excluding steroid dienone is 1. The van der Waals surface area contributed by atoms with Crippen LogP contribution in [0.1, 0.15) is 92.9 Å². The lowest BCUT2D eigenvalue weighted by atomic mass is 9.79. The van der Waals surface area contributed by atoms with Gasteiger partial charge in [-0.25, -0.2) is 4.39 Å². The van der Waals surface area contributed by atoms with Crippen molar-refractivity contribution in [2.75, 3.05) is 0 Å². The molecule has 0 radical (unpaired) electrons. The van der Waals surface area contributed by atoms with Crippen molar-refractivity contribution in [3.8, 4) is 11.8 Å². The monoisotopic (exact) mass is 452 g/mol. The van der Waals surface area contributed by atoms with Gasteiger partial charge in [0, 0.05) is 16.5 Å². The van der Waals surface area contributed by atoms with Gasteiger partial charge in [-0.15, -0.1) is 6.58 Å². The molecule has 0 heterocycles. The summed E-state index contributed by atoms with van der Waals surface area (Å²) in [7, 11) is 0. The number of hydrogen-bond acceptors (Lipinski definition) is 0. The van der Waals surface area contributed by atoms with Gasteiger partial charge < -0.3 is 0 Å². The Hall–Kier alpha value is -2.85. The molecule has 0 spiro atoms. The largest absolute Gasteiger partial charge is 0.206 e. The van der Waals surface area contributed by atoms with Gasteiger partial charge in [0.05, 0.1) is 0 Å². The van der Waals surface area contributed by atoms with E-state index in [0.717, 1.165) is 34.9 Å². The molecule has 0 saturated heterocycles. The molecule has 34 heavy (non-hydrogen) atoms. The second kappa shape index (κ2) is 12.0. The van der Waals surface area contributed by atoms with E-state index in [-0.39, 0.29) is 5.82 Å². The lowest BCUT2D eigenvalue weighted by Crippen LogP contribution is -2.11. The second-order valence-corrected chi connectivity index (χ2v) is 9.86. The van der Waals surface area contributed by atoms with Crippen molar-refractivity contribution in [2.24, 2.45) is 5.92 Å². The summed E-state index contributed by atoms with van der Waals surface area (Å²) in [5.41, 5.74) is 4.20. The minimum absolute atomic E-state index is 0.0646. The number of fused-ring (bicyclic) bond motifs is 1. The van der Waals surface area contributed by atoms with Gasteiger partial charge in [0.15, 0.2) is 0 Å². The van der Waals surface area contributed by atoms with Crippen LogP contribution in [0.25, 0.3) is 10.8 Å². The molecule has 0 amide bonds. The van der Waals surface area contributed by atoms with Gasteiger partial charge in [-0.2, -0.15) is 0 Å². The smallest absolute Gasteiger partial charge is 0.134 e. The molecular weight excluding hydrogens is 415 g/mol. The van der Waals surface area contributed by atoms with E-state index in [4.69, 9.17) is 0 Å². The zero-order valence-electron chi connectivity index (χ0n) is 20.6. The summed E-state index contributed by atoms with van der Waals surface area (Å²) in [6.45, 7) is 6.17. The molecule has 1 fully saturated rings. The Bertz CT molecular complexity index is 1150. The normalized spacial score (nSPS) is 17.8. The highest BCUT2D eigenvalue weighted by atomic mass is 19.1. The highest BCUT2D eigenvalue weighted by molar-refractivity contribution is 5.85. The number of unbranched alkanes of at least 4 members (excludes halogenated alkanes) is 4. The Morgan fingerprint density at radius 2 is 1.56 bits per heavy atom. The fraction of sp³-hybridized carbons (Fsp3) is 0.394. The molecule has 1 aliphatic carbocycles. The van der Waals surface area contributed by atoms with Gasteiger partial charge in [0.25, 0.3) is 0 Å². The van der Waals surface area contributed by atoms with Crippen molar-refractivity contribution < 1.29 is 4.39 Å². The lowest BCUT2D eigenvalue weighted by Gasteiger charge is -2.26. The fourth-order valence-electron chi connectivity index (χ4n) is 5.20. The quantitative estimate of drug-likeness (QED) is 0.181. The average Bonchev–Trinajstić information content (AvgIpc) is 2.89. The van der Waals surface area contributed by atoms with Crippen LogP contribution in [0, 0.1) is 23.6 Å². The minimum atomic E-state index is -0.0646. The van der Waals surface area contributed by atoms with Crippen LogP contribution in [0.3, 0.4) is 0 Å². The Labute approximate surface area is 205 Å². The molecule has 4 rings (SSSR count). The molecule has 3 aromatic carbocycles. The van der Waals surface area contributed by atoms with Crippen molar-refractivity contribution in [1.29, 1.82) is 0 Å². The summed E-state index contributed by atoms with van der Waals surface area (Å²) in [5.74, 6) is 7.85. The topological polar surface area (TPSA) is 0 Å². The Balaban J connectivity index is 1.40. The first-order valence-corrected chi connectivity index (χ1v) is 13.1. The number of benzene rings is 3. The maximum atomic E-state index is 15.0. The van der Waals surface area contributed by atoms with E-state index in [2.05, 4.69) is 55.7 Å². The molecule has 0 unspecified atom stereocenters. The van der Waals surface area contributed by atoms with E-state index in [1.54, 1.807) is 0 Å². The molecular formula is C33H37F. The van der Waals surface area contributed by atoms with Gasteiger partial charge in [-0.3, -0.25) is 0 Å². The Morgan fingerprint density at radius 3 is 2.29 bits per heavy atom. The van der Waals surface area contributed by atoms with Crippen LogP contribution in [-0.4, -0.2) is 0 Å². The summed E-state index contributed by atoms with van der Waals surface area (Å²) in [6, 6.07) is 18.6. The predicted octanol–water partition coefficient (Wildman–Crippen LogP) is 9.35. The van der Waals surface area contributed by atoms with Crippen LogP contribution in [-0.2, 0) is 6.42 Å². The Morgan fingerprint density at radius 1 is 0.853 bits per heavy atom. The first-order valence-electron chi connectivity index (χ1n) is 13.1. The summed E-state index contributed by atoms with van der Waals surface area (Å²) in [4.78, 5) is 0. The third-order valence-electron chi connectivity index (χ3n) is 7.42. The van der Waals surface area contributed by atoms with Gasteiger partial charge in [0.1, 0.15) is 5.82 Å². The summed E-state index contributed by atoms with van der Waals surface area (Å²) in [6.07, 6.45) is 13.9. The van der Waals surface area contributed by atoms with Crippen molar-refractivity contribution in [3.63, 3.8) is 0 Å². The van der Waals surface area contributed by atoms with Gasteiger partial charge in [-0.1, -0.05) is 80.9 Å². The molecule has 0 atom stereocenters. The van der Waals surface area contributed by atoms with E-state index < -0.39 is 0 Å². The molecule has 0 aliphatic heterocycles. The summed E-state index contributed by atoms with van der Waals surface area (Å²) >= 11 is 0. The number of aryl methyl sites for hydroxylation is 1. The van der Waals surface area contributed by atoms with E-state index in [0.29, 0.717) is 17.2 Å². The van der Waals surface area contributed by atoms with Crippen LogP contribution < -0.4 is 0 Å². The second-order valence-electron chi connectivity index (χ2n) is 9.86. The van der Waals surface area contributed by atoms with Crippen LogP contribution in [0.4, 0.5) is 4.39 Å². The zero-order valence-corrected chi connectivity index (χ0v) is 20.6. The molecule has 176 valence electrons. The van der Waals surface area contributed by atoms with E-state index >= 15 is 4.39 Å². The molecule has 0 bridgehead atoms. The van der Waals surface area contributed by atoms with Crippen molar-refractivity contribution in [3.05, 3.63) is 95.3 Å². The van der Waals surface area contributed by atoms with E-state index in [1.807, 2.05) is 30.3 Å². The van der Waals surface area contributed by atoms with Crippen LogP contribution in [0.5, 0.6) is 0 Å². The third-order valence-corrected chi connectivity index (χ3v) is 7.42. The number of hydrogen-bond donors (Lipinski definition) is 0. The standard InChI is InChI=1S/C33H37F/c1-3-5-6-7-8-9-30-21-22-31-24-27(16-23-32(31)33(30)34)11-10-26-14-19-29(20-15-26)28-17-12-25(4-2)13-18-28/h4,14-16,19-25,28H,2-3,5-9,12-13,17-18H2,1H3. The molecule has 3 aromatic rings. The summed E-state index contributed by atoms with van der Waals surface area (Å²) in [5, 5.41) is 1.62. The maximum absolute atomic E-state index is 15.0. The predicted molar refractivity (Wildman–Crippen MR) is 144 cm³/mol. The first kappa shape index (κ1) is 24.3. The highest BCUT2D eigenvalue weighted by Gasteiger charge is 2.20.